The SMILES string of the molecule is CCCCCCCCCCCCC(CCCOC)NC. The van der Waals surface area contributed by atoms with E-state index in [4.69, 9.17) is 4.74 Å². The molecule has 0 aromatic heterocycles. The van der Waals surface area contributed by atoms with Gasteiger partial charge in [0.25, 0.3) is 0 Å². The molecule has 0 saturated carbocycles. The Morgan fingerprint density at radius 3 is 1.75 bits per heavy atom. The molecular weight excluding hydrogens is 246 g/mol. The minimum atomic E-state index is 0.694. The van der Waals surface area contributed by atoms with Gasteiger partial charge in [0.15, 0.2) is 0 Å². The summed E-state index contributed by atoms with van der Waals surface area (Å²) in [5, 5.41) is 3.44. The summed E-state index contributed by atoms with van der Waals surface area (Å²) in [7, 11) is 3.88. The van der Waals surface area contributed by atoms with E-state index in [0.29, 0.717) is 6.04 Å². The molecule has 0 fully saturated rings. The number of hydrogen-bond acceptors (Lipinski definition) is 2. The highest BCUT2D eigenvalue weighted by molar-refractivity contribution is 4.64. The number of nitrogens with one attached hydrogen (secondary N) is 1. The summed E-state index contributed by atoms with van der Waals surface area (Å²) in [6.07, 6.45) is 18.0. The van der Waals surface area contributed by atoms with Crippen LogP contribution < -0.4 is 5.32 Å². The Bertz CT molecular complexity index is 173. The van der Waals surface area contributed by atoms with Gasteiger partial charge >= 0.3 is 0 Å². The van der Waals surface area contributed by atoms with Gasteiger partial charge < -0.3 is 10.1 Å². The molecule has 0 aromatic carbocycles. The van der Waals surface area contributed by atoms with Gasteiger partial charge in [0.1, 0.15) is 0 Å². The van der Waals surface area contributed by atoms with Gasteiger partial charge in [0.05, 0.1) is 0 Å². The van der Waals surface area contributed by atoms with Crippen molar-refractivity contribution in [2.24, 2.45) is 0 Å². The first-order valence-corrected chi connectivity index (χ1v) is 9.01. The van der Waals surface area contributed by atoms with E-state index in [-0.39, 0.29) is 0 Å². The van der Waals surface area contributed by atoms with E-state index in [2.05, 4.69) is 19.3 Å². The fraction of sp³-hybridized carbons (Fsp3) is 1.00. The van der Waals surface area contributed by atoms with Crippen LogP contribution in [0.1, 0.15) is 90.4 Å². The van der Waals surface area contributed by atoms with Crippen molar-refractivity contribution < 1.29 is 4.74 Å². The molecule has 0 saturated heterocycles. The van der Waals surface area contributed by atoms with Crippen LogP contribution in [0.4, 0.5) is 0 Å². The minimum Gasteiger partial charge on any atom is -0.385 e. The molecule has 2 heteroatoms. The number of ether oxygens (including phenoxy) is 1. The molecule has 0 bridgehead atoms. The van der Waals surface area contributed by atoms with Crippen LogP contribution in [0, 0.1) is 0 Å². The van der Waals surface area contributed by atoms with Crippen LogP contribution in [-0.2, 0) is 4.74 Å². The van der Waals surface area contributed by atoms with Crippen LogP contribution >= 0.6 is 0 Å². The lowest BCUT2D eigenvalue weighted by Crippen LogP contribution is -2.25. The molecule has 0 rings (SSSR count). The maximum Gasteiger partial charge on any atom is 0.0462 e. The van der Waals surface area contributed by atoms with Crippen molar-refractivity contribution in [2.45, 2.75) is 96.4 Å². The highest BCUT2D eigenvalue weighted by atomic mass is 16.5. The van der Waals surface area contributed by atoms with E-state index >= 15 is 0 Å². The molecule has 122 valence electrons. The maximum atomic E-state index is 5.11. The molecular formula is C18H39NO. The summed E-state index contributed by atoms with van der Waals surface area (Å²) in [5.74, 6) is 0. The molecule has 0 heterocycles. The van der Waals surface area contributed by atoms with Crippen LogP contribution in [0.25, 0.3) is 0 Å². The Morgan fingerprint density at radius 2 is 1.25 bits per heavy atom. The minimum absolute atomic E-state index is 0.694. The van der Waals surface area contributed by atoms with E-state index < -0.39 is 0 Å². The van der Waals surface area contributed by atoms with Gasteiger partial charge in [-0.15, -0.1) is 0 Å². The lowest BCUT2D eigenvalue weighted by atomic mass is 10.0. The highest BCUT2D eigenvalue weighted by Gasteiger charge is 2.04. The van der Waals surface area contributed by atoms with Crippen molar-refractivity contribution in [1.29, 1.82) is 0 Å². The second kappa shape index (κ2) is 17.0. The second-order valence-electron chi connectivity index (χ2n) is 6.09. The highest BCUT2D eigenvalue weighted by Crippen LogP contribution is 2.13. The van der Waals surface area contributed by atoms with Crippen LogP contribution in [0.3, 0.4) is 0 Å². The first-order valence-electron chi connectivity index (χ1n) is 9.01. The van der Waals surface area contributed by atoms with E-state index in [1.807, 2.05) is 0 Å². The first-order chi connectivity index (χ1) is 9.85. The van der Waals surface area contributed by atoms with Gasteiger partial charge in [0.2, 0.25) is 0 Å². The van der Waals surface area contributed by atoms with Crippen molar-refractivity contribution in [1.82, 2.24) is 5.32 Å². The molecule has 1 N–H and O–H groups in total. The normalized spacial score (nSPS) is 12.8. The number of methoxy groups -OCH3 is 1. The number of unbranched alkanes of at least 4 members (excludes halogenated alkanes) is 9. The van der Waals surface area contributed by atoms with Gasteiger partial charge in [-0.25, -0.2) is 0 Å². The smallest absolute Gasteiger partial charge is 0.0462 e. The van der Waals surface area contributed by atoms with Crippen molar-refractivity contribution in [3.8, 4) is 0 Å². The van der Waals surface area contributed by atoms with E-state index in [0.717, 1.165) is 6.61 Å². The fourth-order valence-corrected chi connectivity index (χ4v) is 2.79. The quantitative estimate of drug-likeness (QED) is 0.388. The Balaban J connectivity index is 3.20. The number of rotatable bonds is 16. The third-order valence-electron chi connectivity index (χ3n) is 4.22. The van der Waals surface area contributed by atoms with Crippen molar-refractivity contribution in [3.63, 3.8) is 0 Å². The summed E-state index contributed by atoms with van der Waals surface area (Å²) in [6.45, 7) is 3.18. The molecule has 1 unspecified atom stereocenters. The average molecular weight is 286 g/mol. The van der Waals surface area contributed by atoms with Gasteiger partial charge in [-0.3, -0.25) is 0 Å². The van der Waals surface area contributed by atoms with E-state index in [1.165, 1.54) is 83.5 Å². The standard InChI is InChI=1S/C18H39NO/c1-4-5-6-7-8-9-10-11-12-13-15-18(19-2)16-14-17-20-3/h18-19H,4-17H2,1-3H3. The molecule has 0 radical (unpaired) electrons. The molecule has 1 atom stereocenters. The average Bonchev–Trinajstić information content (AvgIpc) is 2.47. The number of hydrogen-bond donors (Lipinski definition) is 1. The summed E-state index contributed by atoms with van der Waals surface area (Å²) in [5.41, 5.74) is 0. The monoisotopic (exact) mass is 285 g/mol. The van der Waals surface area contributed by atoms with Gasteiger partial charge in [-0.1, -0.05) is 71.1 Å². The molecule has 2 nitrogen and oxygen atoms in total. The van der Waals surface area contributed by atoms with Crippen LogP contribution in [0.15, 0.2) is 0 Å². The summed E-state index contributed by atoms with van der Waals surface area (Å²) >= 11 is 0. The summed E-state index contributed by atoms with van der Waals surface area (Å²) in [4.78, 5) is 0. The predicted molar refractivity (Wildman–Crippen MR) is 90.4 cm³/mol. The summed E-state index contributed by atoms with van der Waals surface area (Å²) < 4.78 is 5.11. The topological polar surface area (TPSA) is 21.3 Å². The maximum absolute atomic E-state index is 5.11. The van der Waals surface area contributed by atoms with Crippen LogP contribution in [-0.4, -0.2) is 26.8 Å². The van der Waals surface area contributed by atoms with E-state index in [9.17, 15) is 0 Å². The zero-order valence-corrected chi connectivity index (χ0v) is 14.4. The van der Waals surface area contributed by atoms with E-state index in [1.54, 1.807) is 7.11 Å². The molecule has 0 aliphatic carbocycles. The molecule has 0 aliphatic heterocycles. The van der Waals surface area contributed by atoms with Gasteiger partial charge in [-0.05, 0) is 26.3 Å². The largest absolute Gasteiger partial charge is 0.385 e. The molecule has 0 aliphatic rings. The molecule has 20 heavy (non-hydrogen) atoms. The Labute approximate surface area is 128 Å². The molecule has 0 aromatic rings. The molecule has 0 amide bonds. The lowest BCUT2D eigenvalue weighted by Gasteiger charge is -2.15. The zero-order chi connectivity index (χ0) is 14.9. The van der Waals surface area contributed by atoms with Gasteiger partial charge in [-0.2, -0.15) is 0 Å². The van der Waals surface area contributed by atoms with Crippen molar-refractivity contribution in [3.05, 3.63) is 0 Å². The van der Waals surface area contributed by atoms with Crippen molar-refractivity contribution >= 4 is 0 Å². The first kappa shape index (κ1) is 19.9. The Morgan fingerprint density at radius 1 is 0.750 bits per heavy atom. The fourth-order valence-electron chi connectivity index (χ4n) is 2.79. The second-order valence-corrected chi connectivity index (χ2v) is 6.09. The van der Waals surface area contributed by atoms with Crippen LogP contribution in [0.2, 0.25) is 0 Å². The third-order valence-corrected chi connectivity index (χ3v) is 4.22. The third kappa shape index (κ3) is 14.3. The van der Waals surface area contributed by atoms with Crippen molar-refractivity contribution in [2.75, 3.05) is 20.8 Å². The Hall–Kier alpha value is -0.0800. The van der Waals surface area contributed by atoms with Gasteiger partial charge in [0, 0.05) is 19.8 Å². The molecule has 0 spiro atoms. The predicted octanol–water partition coefficient (Wildman–Crippen LogP) is 5.31. The Kier molecular flexibility index (Phi) is 16.9. The zero-order valence-electron chi connectivity index (χ0n) is 14.4. The lowest BCUT2D eigenvalue weighted by molar-refractivity contribution is 0.188. The van der Waals surface area contributed by atoms with Crippen LogP contribution in [0.5, 0.6) is 0 Å². The summed E-state index contributed by atoms with van der Waals surface area (Å²) in [6, 6.07) is 0.694.